The molecule has 1 amide bonds. The number of β-lactam (4-membered cyclic amide) rings is 1. The van der Waals surface area contributed by atoms with Gasteiger partial charge in [-0.2, -0.15) is 0 Å². The van der Waals surface area contributed by atoms with Gasteiger partial charge in [0, 0.05) is 22.1 Å². The third kappa shape index (κ3) is 3.85. The Kier molecular flexibility index (Phi) is 5.88. The van der Waals surface area contributed by atoms with E-state index in [0.717, 1.165) is 16.0 Å². The van der Waals surface area contributed by atoms with Gasteiger partial charge < -0.3 is 15.3 Å². The Bertz CT molecular complexity index is 1020. The number of hydrogen-bond acceptors (Lipinski definition) is 6. The molecule has 0 bridgehead atoms. The van der Waals surface area contributed by atoms with E-state index in [1.807, 2.05) is 53.4 Å². The van der Waals surface area contributed by atoms with Crippen LogP contribution >= 0.6 is 23.5 Å². The number of benzene rings is 1. The molecule has 0 unspecified atom stereocenters. The van der Waals surface area contributed by atoms with Gasteiger partial charge in [-0.3, -0.25) is 9.69 Å². The molecule has 2 aliphatic heterocycles. The summed E-state index contributed by atoms with van der Waals surface area (Å²) in [7, 11) is 0. The Hall–Kier alpha value is -2.33. The van der Waals surface area contributed by atoms with Crippen molar-refractivity contribution in [3.63, 3.8) is 0 Å². The van der Waals surface area contributed by atoms with Gasteiger partial charge in [-0.1, -0.05) is 35.7 Å². The molecule has 9 heteroatoms. The first-order chi connectivity index (χ1) is 14.4. The van der Waals surface area contributed by atoms with Crippen LogP contribution in [-0.4, -0.2) is 43.6 Å². The number of carboxylic acid groups (broad SMARTS) is 1. The molecule has 1 aromatic carbocycles. The lowest BCUT2D eigenvalue weighted by Gasteiger charge is -2.43. The highest BCUT2D eigenvalue weighted by Crippen LogP contribution is 2.55. The van der Waals surface area contributed by atoms with E-state index in [-0.39, 0.29) is 23.6 Å². The molecule has 30 heavy (non-hydrogen) atoms. The van der Waals surface area contributed by atoms with Crippen molar-refractivity contribution in [2.75, 3.05) is 0 Å². The number of aromatic nitrogens is 1. The maximum Gasteiger partial charge on any atom is 0.354 e. The predicted molar refractivity (Wildman–Crippen MR) is 112 cm³/mol. The Labute approximate surface area is 182 Å². The number of nitrogens with zero attached hydrogens (tertiary/aromatic N) is 2. The second-order valence-electron chi connectivity index (χ2n) is 7.21. The molecular formula is C21H21N2O5S2+. The lowest BCUT2D eigenvalue weighted by molar-refractivity contribution is -0.688. The number of hydrogen-bond donors (Lipinski definition) is 3. The van der Waals surface area contributed by atoms with Crippen molar-refractivity contribution >= 4 is 35.4 Å². The molecule has 7 nitrogen and oxygen atoms in total. The minimum absolute atomic E-state index is 0.00245. The summed E-state index contributed by atoms with van der Waals surface area (Å²) in [6.45, 7) is 2.20. The summed E-state index contributed by atoms with van der Waals surface area (Å²) in [5, 5.41) is 28.3. The summed E-state index contributed by atoms with van der Waals surface area (Å²) in [5.41, 5.74) is 1.90. The second kappa shape index (κ2) is 8.43. The van der Waals surface area contributed by atoms with Crippen molar-refractivity contribution in [1.29, 1.82) is 0 Å². The fourth-order valence-corrected chi connectivity index (χ4v) is 6.44. The standard InChI is InChI=1S/C21H20N2O5S2/c1-12(25)16-18(26)23-17(20(27)28)21(30-19(16)23)29-15-6-4-13(5-7-15)9-22-8-2-3-14(10-22)11-24/h2-8,10,12,16,19,24-25H,9,11H2,1H3/p+1/t12-,16+,19-/m1/s1. The highest BCUT2D eigenvalue weighted by atomic mass is 32.2. The van der Waals surface area contributed by atoms with Gasteiger partial charge in [0.1, 0.15) is 5.37 Å². The van der Waals surface area contributed by atoms with Crippen LogP contribution in [0, 0.1) is 5.92 Å². The molecule has 1 aromatic heterocycles. The second-order valence-corrected chi connectivity index (χ2v) is 9.68. The number of thioether (sulfide) groups is 2. The van der Waals surface area contributed by atoms with Crippen LogP contribution in [-0.2, 0) is 22.7 Å². The highest BCUT2D eigenvalue weighted by Gasteiger charge is 2.57. The molecule has 156 valence electrons. The lowest BCUT2D eigenvalue weighted by atomic mass is 9.92. The molecule has 3 atom stereocenters. The Morgan fingerprint density at radius 3 is 2.63 bits per heavy atom. The van der Waals surface area contributed by atoms with Gasteiger partial charge in [0.25, 0.3) is 0 Å². The zero-order chi connectivity index (χ0) is 21.4. The molecule has 0 spiro atoms. The molecule has 0 radical (unpaired) electrons. The number of fused-ring (bicyclic) bond motifs is 1. The topological polar surface area (TPSA) is 102 Å². The van der Waals surface area contributed by atoms with Gasteiger partial charge in [0.05, 0.1) is 22.9 Å². The van der Waals surface area contributed by atoms with E-state index in [1.165, 1.54) is 28.4 Å². The number of carbonyl (C=O) groups is 2. The van der Waals surface area contributed by atoms with Gasteiger partial charge in [-0.05, 0) is 25.1 Å². The summed E-state index contributed by atoms with van der Waals surface area (Å²) >= 11 is 2.64. The van der Waals surface area contributed by atoms with Crippen LogP contribution in [0.1, 0.15) is 18.1 Å². The zero-order valence-electron chi connectivity index (χ0n) is 16.1. The first kappa shape index (κ1) is 20.9. The third-order valence-corrected chi connectivity index (χ3v) is 7.65. The SMILES string of the molecule is C[C@@H](O)[C@H]1C(=O)N2C(C(=O)O)=C(Sc3ccc(C[n+]4cccc(CO)c4)cc3)S[C@H]12. The molecule has 3 N–H and O–H groups in total. The summed E-state index contributed by atoms with van der Waals surface area (Å²) in [5.74, 6) is -2.05. The summed E-state index contributed by atoms with van der Waals surface area (Å²) in [6, 6.07) is 11.5. The molecule has 1 saturated heterocycles. The number of carboxylic acids is 1. The van der Waals surface area contributed by atoms with Gasteiger partial charge in [0.2, 0.25) is 5.91 Å². The monoisotopic (exact) mass is 445 g/mol. The minimum atomic E-state index is -1.14. The van der Waals surface area contributed by atoms with E-state index in [1.54, 1.807) is 6.92 Å². The van der Waals surface area contributed by atoms with Crippen molar-refractivity contribution in [3.05, 3.63) is 69.9 Å². The molecule has 0 saturated carbocycles. The van der Waals surface area contributed by atoms with Crippen molar-refractivity contribution in [2.24, 2.45) is 5.92 Å². The maximum absolute atomic E-state index is 12.3. The van der Waals surface area contributed by atoms with Gasteiger partial charge >= 0.3 is 5.97 Å². The number of aliphatic hydroxyl groups is 2. The van der Waals surface area contributed by atoms with Gasteiger partial charge in [0.15, 0.2) is 24.6 Å². The fraction of sp³-hybridized carbons (Fsp3) is 0.286. The fourth-order valence-electron chi connectivity index (χ4n) is 3.57. The zero-order valence-corrected chi connectivity index (χ0v) is 17.8. The van der Waals surface area contributed by atoms with Crippen LogP contribution in [0.4, 0.5) is 0 Å². The van der Waals surface area contributed by atoms with Crippen LogP contribution in [0.3, 0.4) is 0 Å². The van der Waals surface area contributed by atoms with E-state index in [9.17, 15) is 24.9 Å². The summed E-state index contributed by atoms with van der Waals surface area (Å²) in [6.07, 6.45) is 3.01. The highest BCUT2D eigenvalue weighted by molar-refractivity contribution is 8.22. The van der Waals surface area contributed by atoms with E-state index in [0.29, 0.717) is 10.8 Å². The van der Waals surface area contributed by atoms with Crippen molar-refractivity contribution in [3.8, 4) is 0 Å². The Morgan fingerprint density at radius 1 is 1.27 bits per heavy atom. The number of aliphatic hydroxyl groups excluding tert-OH is 2. The van der Waals surface area contributed by atoms with Crippen LogP contribution < -0.4 is 4.57 Å². The minimum Gasteiger partial charge on any atom is -0.477 e. The first-order valence-electron chi connectivity index (χ1n) is 9.40. The molecule has 0 aliphatic carbocycles. The third-order valence-electron chi connectivity index (χ3n) is 5.07. The summed E-state index contributed by atoms with van der Waals surface area (Å²) in [4.78, 5) is 26.2. The number of amides is 1. The first-order valence-corrected chi connectivity index (χ1v) is 11.1. The van der Waals surface area contributed by atoms with E-state index >= 15 is 0 Å². The molecule has 3 heterocycles. The molecule has 1 fully saturated rings. The average molecular weight is 446 g/mol. The number of rotatable bonds is 7. The quantitative estimate of drug-likeness (QED) is 0.441. The van der Waals surface area contributed by atoms with Crippen molar-refractivity contribution in [2.45, 2.75) is 36.4 Å². The predicted octanol–water partition coefficient (Wildman–Crippen LogP) is 1.77. The maximum atomic E-state index is 12.3. The number of pyridine rings is 1. The Balaban J connectivity index is 1.49. The van der Waals surface area contributed by atoms with Crippen LogP contribution in [0.15, 0.2) is 63.6 Å². The van der Waals surface area contributed by atoms with Crippen LogP contribution in [0.5, 0.6) is 0 Å². The van der Waals surface area contributed by atoms with Crippen molar-refractivity contribution in [1.82, 2.24) is 4.90 Å². The molecule has 2 aromatic rings. The number of aliphatic carboxylic acids is 1. The Morgan fingerprint density at radius 2 is 2.00 bits per heavy atom. The van der Waals surface area contributed by atoms with E-state index in [2.05, 4.69) is 0 Å². The van der Waals surface area contributed by atoms with E-state index < -0.39 is 18.0 Å². The largest absolute Gasteiger partial charge is 0.477 e. The van der Waals surface area contributed by atoms with E-state index in [4.69, 9.17) is 0 Å². The lowest BCUT2D eigenvalue weighted by Crippen LogP contribution is -2.60. The summed E-state index contributed by atoms with van der Waals surface area (Å²) < 4.78 is 2.54. The number of carbonyl (C=O) groups excluding carboxylic acids is 1. The van der Waals surface area contributed by atoms with Crippen molar-refractivity contribution < 1.29 is 29.5 Å². The van der Waals surface area contributed by atoms with Gasteiger partial charge in [-0.25, -0.2) is 9.36 Å². The normalized spacial score (nSPS) is 21.4. The molecule has 2 aliphatic rings. The van der Waals surface area contributed by atoms with Gasteiger partial charge in [-0.15, -0.1) is 0 Å². The smallest absolute Gasteiger partial charge is 0.354 e. The van der Waals surface area contributed by atoms with Crippen LogP contribution in [0.25, 0.3) is 0 Å². The van der Waals surface area contributed by atoms with Crippen LogP contribution in [0.2, 0.25) is 0 Å². The average Bonchev–Trinajstić information content (AvgIpc) is 3.03. The molecule has 4 rings (SSSR count). The molecular weight excluding hydrogens is 424 g/mol.